The molecule has 2 N–H and O–H groups in total. The maximum absolute atomic E-state index is 13.5. The van der Waals surface area contributed by atoms with Crippen molar-refractivity contribution < 1.29 is 23.1 Å². The Kier molecular flexibility index (Phi) is 6.57. The van der Waals surface area contributed by atoms with E-state index in [2.05, 4.69) is 17.2 Å². The largest absolute Gasteiger partial charge is 0.478 e. The summed E-state index contributed by atoms with van der Waals surface area (Å²) < 4.78 is 28.3. The third-order valence-corrected chi connectivity index (χ3v) is 9.84. The van der Waals surface area contributed by atoms with Crippen LogP contribution < -0.4 is 5.32 Å². The van der Waals surface area contributed by atoms with Crippen LogP contribution in [0.2, 0.25) is 0 Å². The zero-order valence-electron chi connectivity index (χ0n) is 20.1. The van der Waals surface area contributed by atoms with Crippen molar-refractivity contribution in [1.82, 2.24) is 14.6 Å². The third-order valence-electron chi connectivity index (χ3n) is 7.95. The van der Waals surface area contributed by atoms with E-state index >= 15 is 0 Å². The van der Waals surface area contributed by atoms with E-state index in [-0.39, 0.29) is 41.4 Å². The fraction of sp³-hybridized carbons (Fsp3) is 0.577. The van der Waals surface area contributed by atoms with Gasteiger partial charge in [-0.1, -0.05) is 19.8 Å². The van der Waals surface area contributed by atoms with Gasteiger partial charge in [-0.3, -0.25) is 9.78 Å². The molecule has 2 fully saturated rings. The minimum absolute atomic E-state index is 0.0378. The molecule has 1 aliphatic heterocycles. The number of aromatic nitrogens is 1. The van der Waals surface area contributed by atoms with Gasteiger partial charge in [0.05, 0.1) is 16.0 Å². The second-order valence-corrected chi connectivity index (χ2v) is 12.4. The first kappa shape index (κ1) is 24.2. The number of rotatable bonds is 5. The molecule has 8 nitrogen and oxygen atoms in total. The van der Waals surface area contributed by atoms with Gasteiger partial charge in [-0.15, -0.1) is 0 Å². The molecule has 1 saturated heterocycles. The summed E-state index contributed by atoms with van der Waals surface area (Å²) in [7, 11) is -3.82. The lowest BCUT2D eigenvalue weighted by molar-refractivity contribution is -0.126. The summed E-state index contributed by atoms with van der Waals surface area (Å²) >= 11 is 0. The number of pyridine rings is 1. The summed E-state index contributed by atoms with van der Waals surface area (Å²) in [4.78, 5) is 29.6. The van der Waals surface area contributed by atoms with Gasteiger partial charge in [0.25, 0.3) is 0 Å². The average molecular weight is 500 g/mol. The molecule has 2 aromatic rings. The summed E-state index contributed by atoms with van der Waals surface area (Å²) in [6.45, 7) is 2.64. The van der Waals surface area contributed by atoms with Crippen LogP contribution >= 0.6 is 0 Å². The van der Waals surface area contributed by atoms with Crippen molar-refractivity contribution in [3.63, 3.8) is 0 Å². The molecular weight excluding hydrogens is 466 g/mol. The lowest BCUT2D eigenvalue weighted by atomic mass is 9.84. The van der Waals surface area contributed by atoms with Gasteiger partial charge < -0.3 is 10.4 Å². The van der Waals surface area contributed by atoms with Crippen molar-refractivity contribution in [2.24, 2.45) is 11.8 Å². The molecule has 0 unspecified atom stereocenters. The van der Waals surface area contributed by atoms with Gasteiger partial charge >= 0.3 is 5.97 Å². The standard InChI is InChI=1S/C26H33N3O5S/c1-16-6-8-22-20(14-16)24(26(31)32)21-15-19(7-9-23(21)28-22)35(33,34)29-12-10-17(11-13-29)25(30)27-18-4-2-3-5-18/h7,9,15-18H,2-6,8,10-14H2,1H3,(H,27,30)(H,31,32)/t16-/m1/s1. The summed E-state index contributed by atoms with van der Waals surface area (Å²) in [5, 5.41) is 13.5. The highest BCUT2D eigenvalue weighted by Crippen LogP contribution is 2.34. The molecular formula is C26H33N3O5S. The van der Waals surface area contributed by atoms with Gasteiger partial charge in [-0.25, -0.2) is 13.2 Å². The van der Waals surface area contributed by atoms with Crippen LogP contribution in [0.1, 0.15) is 73.5 Å². The number of hydrogen-bond donors (Lipinski definition) is 2. The second kappa shape index (κ2) is 9.50. The summed E-state index contributed by atoms with van der Waals surface area (Å²) in [5.74, 6) is -0.823. The third kappa shape index (κ3) is 4.68. The highest BCUT2D eigenvalue weighted by Gasteiger charge is 2.34. The number of benzene rings is 1. The predicted octanol–water partition coefficient (Wildman–Crippen LogP) is 3.52. The number of piperidine rings is 1. The van der Waals surface area contributed by atoms with Crippen LogP contribution in [0.15, 0.2) is 23.1 Å². The molecule has 1 saturated carbocycles. The van der Waals surface area contributed by atoms with E-state index in [1.54, 1.807) is 6.07 Å². The fourth-order valence-corrected chi connectivity index (χ4v) is 7.39. The van der Waals surface area contributed by atoms with Crippen LogP contribution in [0.4, 0.5) is 0 Å². The molecule has 1 amide bonds. The number of aromatic carboxylic acids is 1. The van der Waals surface area contributed by atoms with Gasteiger partial charge in [0.15, 0.2) is 0 Å². The Morgan fingerprint density at radius 3 is 2.49 bits per heavy atom. The molecule has 1 atom stereocenters. The van der Waals surface area contributed by atoms with E-state index in [1.807, 2.05) is 0 Å². The van der Waals surface area contributed by atoms with Crippen LogP contribution in [0.25, 0.3) is 10.9 Å². The summed E-state index contributed by atoms with van der Waals surface area (Å²) in [6.07, 6.45) is 7.64. The molecule has 3 aliphatic rings. The highest BCUT2D eigenvalue weighted by molar-refractivity contribution is 7.89. The Bertz CT molecular complexity index is 1260. The van der Waals surface area contributed by atoms with E-state index in [9.17, 15) is 23.1 Å². The Morgan fingerprint density at radius 1 is 1.09 bits per heavy atom. The molecule has 2 heterocycles. The number of nitrogens with zero attached hydrogens (tertiary/aromatic N) is 2. The highest BCUT2D eigenvalue weighted by atomic mass is 32.2. The van der Waals surface area contributed by atoms with Gasteiger partial charge in [0, 0.05) is 36.1 Å². The number of hydrogen-bond acceptors (Lipinski definition) is 5. The molecule has 1 aromatic carbocycles. The molecule has 188 valence electrons. The maximum atomic E-state index is 13.5. The van der Waals surface area contributed by atoms with Gasteiger partial charge in [-0.2, -0.15) is 4.31 Å². The molecule has 2 aliphatic carbocycles. The lowest BCUT2D eigenvalue weighted by Gasteiger charge is -2.31. The van der Waals surface area contributed by atoms with Crippen LogP contribution in [0.3, 0.4) is 0 Å². The summed E-state index contributed by atoms with van der Waals surface area (Å²) in [5.41, 5.74) is 2.22. The quantitative estimate of drug-likeness (QED) is 0.650. The van der Waals surface area contributed by atoms with Crippen LogP contribution in [0.5, 0.6) is 0 Å². The molecule has 0 radical (unpaired) electrons. The number of carbonyl (C=O) groups excluding carboxylic acids is 1. The molecule has 9 heteroatoms. The first-order chi connectivity index (χ1) is 16.7. The molecule has 5 rings (SSSR count). The maximum Gasteiger partial charge on any atom is 0.336 e. The first-order valence-electron chi connectivity index (χ1n) is 12.7. The Morgan fingerprint density at radius 2 is 1.80 bits per heavy atom. The SMILES string of the molecule is C[C@@H]1CCc2nc3ccc(S(=O)(=O)N4CCC(C(=O)NC5CCCC5)CC4)cc3c(C(=O)O)c2C1. The fourth-order valence-electron chi connectivity index (χ4n) is 5.89. The van der Waals surface area contributed by atoms with Crippen LogP contribution in [-0.2, 0) is 27.7 Å². The number of aryl methyl sites for hydroxylation is 1. The first-order valence-corrected chi connectivity index (χ1v) is 14.2. The van der Waals surface area contributed by atoms with E-state index in [1.165, 1.54) is 16.4 Å². The van der Waals surface area contributed by atoms with E-state index < -0.39 is 16.0 Å². The van der Waals surface area contributed by atoms with Gasteiger partial charge in [0.1, 0.15) is 0 Å². The topological polar surface area (TPSA) is 117 Å². The van der Waals surface area contributed by atoms with Gasteiger partial charge in [-0.05, 0) is 74.6 Å². The zero-order valence-corrected chi connectivity index (χ0v) is 20.9. The van der Waals surface area contributed by atoms with Gasteiger partial charge in [0.2, 0.25) is 15.9 Å². The van der Waals surface area contributed by atoms with Crippen LogP contribution in [0, 0.1) is 11.8 Å². The predicted molar refractivity (Wildman–Crippen MR) is 132 cm³/mol. The van der Waals surface area contributed by atoms with Crippen molar-refractivity contribution in [3.05, 3.63) is 35.0 Å². The number of fused-ring (bicyclic) bond motifs is 2. The molecule has 1 aromatic heterocycles. The van der Waals surface area contributed by atoms with E-state index in [4.69, 9.17) is 0 Å². The number of carboxylic acids is 1. The minimum atomic E-state index is -3.82. The normalized spacial score (nSPS) is 22.3. The molecule has 35 heavy (non-hydrogen) atoms. The van der Waals surface area contributed by atoms with Crippen LogP contribution in [-0.4, -0.2) is 53.8 Å². The Labute approximate surface area is 206 Å². The molecule has 0 spiro atoms. The van der Waals surface area contributed by atoms with Crippen molar-refractivity contribution in [1.29, 1.82) is 0 Å². The summed E-state index contributed by atoms with van der Waals surface area (Å²) in [6, 6.07) is 4.87. The minimum Gasteiger partial charge on any atom is -0.478 e. The number of sulfonamides is 1. The second-order valence-electron chi connectivity index (χ2n) is 10.4. The lowest BCUT2D eigenvalue weighted by Crippen LogP contribution is -2.44. The molecule has 0 bridgehead atoms. The van der Waals surface area contributed by atoms with Crippen molar-refractivity contribution in [2.45, 2.75) is 75.6 Å². The smallest absolute Gasteiger partial charge is 0.336 e. The van der Waals surface area contributed by atoms with Crippen molar-refractivity contribution in [2.75, 3.05) is 13.1 Å². The number of carboxylic acid groups (broad SMARTS) is 1. The number of carbonyl (C=O) groups is 2. The van der Waals surface area contributed by atoms with E-state index in [0.29, 0.717) is 36.1 Å². The Hall–Kier alpha value is -2.52. The monoisotopic (exact) mass is 499 g/mol. The van der Waals surface area contributed by atoms with Crippen molar-refractivity contribution in [3.8, 4) is 0 Å². The average Bonchev–Trinajstić information content (AvgIpc) is 3.35. The zero-order chi connectivity index (χ0) is 24.7. The number of nitrogens with one attached hydrogen (secondary N) is 1. The Balaban J connectivity index is 1.38. The van der Waals surface area contributed by atoms with E-state index in [0.717, 1.165) is 49.8 Å². The number of amides is 1. The van der Waals surface area contributed by atoms with Crippen molar-refractivity contribution >= 4 is 32.8 Å².